The molecular weight excluding hydrogens is 276 g/mol. The van der Waals surface area contributed by atoms with Gasteiger partial charge in [0.05, 0.1) is 6.10 Å². The molecule has 1 aliphatic carbocycles. The molecule has 0 unspecified atom stereocenters. The Labute approximate surface area is 132 Å². The molecule has 4 nitrogen and oxygen atoms in total. The summed E-state index contributed by atoms with van der Waals surface area (Å²) in [5, 5.41) is 9.78. The molecule has 0 spiro atoms. The van der Waals surface area contributed by atoms with Gasteiger partial charge in [0.1, 0.15) is 0 Å². The first-order chi connectivity index (χ1) is 10.6. The van der Waals surface area contributed by atoms with E-state index in [1.807, 2.05) is 0 Å². The first-order valence-electron chi connectivity index (χ1n) is 8.42. The lowest BCUT2D eigenvalue weighted by atomic mass is 9.80. The molecule has 1 heterocycles. The third-order valence-corrected chi connectivity index (χ3v) is 4.98. The van der Waals surface area contributed by atoms with E-state index < -0.39 is 0 Å². The molecule has 0 radical (unpaired) electrons. The summed E-state index contributed by atoms with van der Waals surface area (Å²) in [5.41, 5.74) is 9.38. The van der Waals surface area contributed by atoms with Crippen molar-refractivity contribution in [3.05, 3.63) is 34.9 Å². The van der Waals surface area contributed by atoms with Crippen molar-refractivity contribution in [2.75, 3.05) is 13.1 Å². The third-order valence-electron chi connectivity index (χ3n) is 4.98. The molecular formula is C18H26N2O2. The zero-order valence-electron chi connectivity index (χ0n) is 13.1. The van der Waals surface area contributed by atoms with Crippen molar-refractivity contribution in [3.8, 4) is 0 Å². The van der Waals surface area contributed by atoms with E-state index in [1.165, 1.54) is 16.7 Å². The minimum absolute atomic E-state index is 0.175. The van der Waals surface area contributed by atoms with E-state index in [0.717, 1.165) is 51.7 Å². The highest BCUT2D eigenvalue weighted by Gasteiger charge is 2.23. The molecule has 3 N–H and O–H groups in total. The van der Waals surface area contributed by atoms with Crippen LogP contribution in [0, 0.1) is 0 Å². The van der Waals surface area contributed by atoms with Crippen LogP contribution in [0.2, 0.25) is 0 Å². The van der Waals surface area contributed by atoms with Crippen LogP contribution < -0.4 is 5.73 Å². The Hall–Kier alpha value is -1.39. The second kappa shape index (κ2) is 6.80. The number of β-amino-alcohol motifs (C(OH)–C–C–N with tert-alkyl or cyclic N) is 1. The van der Waals surface area contributed by atoms with E-state index in [9.17, 15) is 9.90 Å². The maximum atomic E-state index is 11.2. The number of carbonyl (C=O) groups excluding carboxylic acids is 1. The number of primary amides is 1. The van der Waals surface area contributed by atoms with Crippen molar-refractivity contribution in [3.63, 3.8) is 0 Å². The van der Waals surface area contributed by atoms with Gasteiger partial charge in [-0.2, -0.15) is 0 Å². The average Bonchev–Trinajstić information content (AvgIpc) is 2.47. The standard InChI is InChI=1S/C18H26N2O2/c19-18(22)10-15-4-1-3-14-9-13(6-7-17(14)15)11-20-8-2-5-16(21)12-20/h6-7,9,15-16,21H,1-5,8,10-12H2,(H2,19,22)/t15-,16-/m1/s1. The molecule has 1 aliphatic heterocycles. The molecule has 1 aromatic carbocycles. The number of aliphatic hydroxyl groups excluding tert-OH is 1. The SMILES string of the molecule is NC(=O)C[C@H]1CCCc2cc(CN3CCC[C@@H](O)C3)ccc21. The topological polar surface area (TPSA) is 66.6 Å². The van der Waals surface area contributed by atoms with E-state index in [1.54, 1.807) is 0 Å². The Morgan fingerprint density at radius 2 is 2.18 bits per heavy atom. The second-order valence-corrected chi connectivity index (χ2v) is 6.82. The second-order valence-electron chi connectivity index (χ2n) is 6.82. The molecule has 3 rings (SSSR count). The number of nitrogens with zero attached hydrogens (tertiary/aromatic N) is 1. The van der Waals surface area contributed by atoms with Crippen molar-refractivity contribution >= 4 is 5.91 Å². The molecule has 1 saturated heterocycles. The Bertz CT molecular complexity index is 544. The minimum Gasteiger partial charge on any atom is -0.392 e. The van der Waals surface area contributed by atoms with Gasteiger partial charge in [0, 0.05) is 19.5 Å². The lowest BCUT2D eigenvalue weighted by molar-refractivity contribution is -0.118. The Morgan fingerprint density at radius 3 is 2.95 bits per heavy atom. The highest BCUT2D eigenvalue weighted by molar-refractivity contribution is 5.75. The zero-order chi connectivity index (χ0) is 15.5. The van der Waals surface area contributed by atoms with Gasteiger partial charge < -0.3 is 10.8 Å². The van der Waals surface area contributed by atoms with Crippen LogP contribution >= 0.6 is 0 Å². The molecule has 0 saturated carbocycles. The van der Waals surface area contributed by atoms with Gasteiger partial charge in [0.25, 0.3) is 0 Å². The first-order valence-corrected chi connectivity index (χ1v) is 8.42. The molecule has 1 aromatic rings. The quantitative estimate of drug-likeness (QED) is 0.893. The predicted octanol–water partition coefficient (Wildman–Crippen LogP) is 1.94. The number of aliphatic hydroxyl groups is 1. The molecule has 4 heteroatoms. The van der Waals surface area contributed by atoms with Gasteiger partial charge in [-0.15, -0.1) is 0 Å². The predicted molar refractivity (Wildman–Crippen MR) is 86.5 cm³/mol. The fourth-order valence-corrected chi connectivity index (χ4v) is 3.95. The average molecular weight is 302 g/mol. The zero-order valence-corrected chi connectivity index (χ0v) is 13.1. The number of hydrogen-bond donors (Lipinski definition) is 2. The van der Waals surface area contributed by atoms with Crippen LogP contribution in [0.4, 0.5) is 0 Å². The van der Waals surface area contributed by atoms with Crippen molar-refractivity contribution in [1.29, 1.82) is 0 Å². The Kier molecular flexibility index (Phi) is 4.79. The fourth-order valence-electron chi connectivity index (χ4n) is 3.95. The van der Waals surface area contributed by atoms with Crippen LogP contribution in [0.25, 0.3) is 0 Å². The lowest BCUT2D eigenvalue weighted by Crippen LogP contribution is -2.37. The minimum atomic E-state index is -0.204. The monoisotopic (exact) mass is 302 g/mol. The molecule has 0 aromatic heterocycles. The number of aryl methyl sites for hydroxylation is 1. The van der Waals surface area contributed by atoms with Crippen molar-refractivity contribution in [1.82, 2.24) is 4.90 Å². The summed E-state index contributed by atoms with van der Waals surface area (Å²) in [7, 11) is 0. The summed E-state index contributed by atoms with van der Waals surface area (Å²) in [6.07, 6.45) is 5.59. The summed E-state index contributed by atoms with van der Waals surface area (Å²) in [5.74, 6) is 0.0938. The largest absolute Gasteiger partial charge is 0.392 e. The van der Waals surface area contributed by atoms with Crippen LogP contribution in [0.15, 0.2) is 18.2 Å². The van der Waals surface area contributed by atoms with Crippen LogP contribution in [0.1, 0.15) is 54.7 Å². The van der Waals surface area contributed by atoms with E-state index in [2.05, 4.69) is 23.1 Å². The van der Waals surface area contributed by atoms with E-state index in [0.29, 0.717) is 12.3 Å². The smallest absolute Gasteiger partial charge is 0.218 e. The van der Waals surface area contributed by atoms with Gasteiger partial charge in [-0.25, -0.2) is 0 Å². The number of rotatable bonds is 4. The maximum absolute atomic E-state index is 11.2. The summed E-state index contributed by atoms with van der Waals surface area (Å²) < 4.78 is 0. The number of piperidine rings is 1. The molecule has 1 fully saturated rings. The summed E-state index contributed by atoms with van der Waals surface area (Å²) in [4.78, 5) is 13.6. The number of benzene rings is 1. The van der Waals surface area contributed by atoms with Gasteiger partial charge in [-0.3, -0.25) is 9.69 Å². The molecule has 1 amide bonds. The van der Waals surface area contributed by atoms with Gasteiger partial charge in [0.2, 0.25) is 5.91 Å². The first kappa shape index (κ1) is 15.5. The number of nitrogens with two attached hydrogens (primary N) is 1. The van der Waals surface area contributed by atoms with Crippen molar-refractivity contribution in [2.45, 2.75) is 57.1 Å². The maximum Gasteiger partial charge on any atom is 0.218 e. The van der Waals surface area contributed by atoms with Gasteiger partial charge in [0.15, 0.2) is 0 Å². The van der Waals surface area contributed by atoms with Gasteiger partial charge >= 0.3 is 0 Å². The molecule has 0 bridgehead atoms. The molecule has 2 aliphatic rings. The Balaban J connectivity index is 1.71. The highest BCUT2D eigenvalue weighted by atomic mass is 16.3. The summed E-state index contributed by atoms with van der Waals surface area (Å²) >= 11 is 0. The third kappa shape index (κ3) is 3.68. The highest BCUT2D eigenvalue weighted by Crippen LogP contribution is 2.34. The molecule has 22 heavy (non-hydrogen) atoms. The lowest BCUT2D eigenvalue weighted by Gasteiger charge is -2.31. The number of hydrogen-bond acceptors (Lipinski definition) is 3. The fraction of sp³-hybridized carbons (Fsp3) is 0.611. The van der Waals surface area contributed by atoms with Crippen LogP contribution in [0.5, 0.6) is 0 Å². The summed E-state index contributed by atoms with van der Waals surface area (Å²) in [6, 6.07) is 6.67. The number of likely N-dealkylation sites (tertiary alicyclic amines) is 1. The Morgan fingerprint density at radius 1 is 1.32 bits per heavy atom. The number of amides is 1. The van der Waals surface area contributed by atoms with Crippen molar-refractivity contribution in [2.24, 2.45) is 5.73 Å². The van der Waals surface area contributed by atoms with E-state index >= 15 is 0 Å². The molecule has 2 atom stereocenters. The number of carbonyl (C=O) groups is 1. The number of fused-ring (bicyclic) bond motifs is 1. The summed E-state index contributed by atoms with van der Waals surface area (Å²) in [6.45, 7) is 2.75. The van der Waals surface area contributed by atoms with Crippen LogP contribution in [-0.2, 0) is 17.8 Å². The van der Waals surface area contributed by atoms with Gasteiger partial charge in [-0.1, -0.05) is 18.2 Å². The van der Waals surface area contributed by atoms with Crippen LogP contribution in [-0.4, -0.2) is 35.1 Å². The van der Waals surface area contributed by atoms with Gasteiger partial charge in [-0.05, 0) is 61.3 Å². The van der Waals surface area contributed by atoms with E-state index in [-0.39, 0.29) is 12.0 Å². The normalized spacial score (nSPS) is 25.7. The van der Waals surface area contributed by atoms with Crippen LogP contribution in [0.3, 0.4) is 0 Å². The van der Waals surface area contributed by atoms with E-state index in [4.69, 9.17) is 5.73 Å². The molecule has 120 valence electrons. The van der Waals surface area contributed by atoms with Crippen molar-refractivity contribution < 1.29 is 9.90 Å².